The maximum atomic E-state index is 6.55. The molecule has 6 heteroatoms. The van der Waals surface area contributed by atoms with Crippen LogP contribution in [0.15, 0.2) is 84.0 Å². The monoisotopic (exact) mass is 478 g/mol. The van der Waals surface area contributed by atoms with Crippen LogP contribution in [0.3, 0.4) is 0 Å². The molecule has 0 radical (unpaired) electrons. The minimum absolute atomic E-state index is 0.0413. The lowest BCUT2D eigenvalue weighted by atomic mass is 9.95. The molecule has 0 N–H and O–H groups in total. The van der Waals surface area contributed by atoms with Gasteiger partial charge in [-0.05, 0) is 46.7 Å². The average Bonchev–Trinajstić information content (AvgIpc) is 3.24. The molecule has 0 saturated heterocycles. The maximum absolute atomic E-state index is 6.55. The first-order valence-electron chi connectivity index (χ1n) is 10.3. The topological polar surface area (TPSA) is 24.8 Å². The average molecular weight is 480 g/mol. The zero-order chi connectivity index (χ0) is 21.8. The Morgan fingerprint density at radius 1 is 0.812 bits per heavy atom. The number of benzene rings is 4. The van der Waals surface area contributed by atoms with Crippen molar-refractivity contribution in [2.24, 2.45) is 5.10 Å². The van der Waals surface area contributed by atoms with Crippen molar-refractivity contribution in [3.05, 3.63) is 111 Å². The molecular weight excluding hydrogens is 463 g/mol. The van der Waals surface area contributed by atoms with E-state index < -0.39 is 6.23 Å². The molecule has 0 aliphatic carbocycles. The molecule has 3 nitrogen and oxygen atoms in total. The van der Waals surface area contributed by atoms with Crippen LogP contribution in [-0.4, -0.2) is 10.7 Å². The summed E-state index contributed by atoms with van der Waals surface area (Å²) >= 11 is 19.2. The molecule has 2 aliphatic heterocycles. The highest BCUT2D eigenvalue weighted by Crippen LogP contribution is 2.51. The standard InChI is InChI=1S/C26H17Cl3N2O/c27-19-7-3-6-18(11-19)26-31-24(21-12-20(28)13-22(29)25(21)32-26)14-23(30-31)17-9-8-15-4-1-2-5-16(15)10-17/h1-13,24,26H,14H2. The minimum atomic E-state index is -0.442. The molecule has 0 fully saturated rings. The summed E-state index contributed by atoms with van der Waals surface area (Å²) < 4.78 is 6.40. The smallest absolute Gasteiger partial charge is 0.214 e. The zero-order valence-electron chi connectivity index (χ0n) is 16.8. The van der Waals surface area contributed by atoms with Gasteiger partial charge >= 0.3 is 0 Å². The normalized spacial score (nSPS) is 19.3. The number of hydrogen-bond donors (Lipinski definition) is 0. The maximum Gasteiger partial charge on any atom is 0.214 e. The Morgan fingerprint density at radius 2 is 1.66 bits per heavy atom. The van der Waals surface area contributed by atoms with Crippen molar-refractivity contribution < 1.29 is 4.74 Å². The van der Waals surface area contributed by atoms with Crippen molar-refractivity contribution in [2.75, 3.05) is 0 Å². The van der Waals surface area contributed by atoms with Gasteiger partial charge < -0.3 is 4.74 Å². The van der Waals surface area contributed by atoms with E-state index >= 15 is 0 Å². The second kappa shape index (κ2) is 7.70. The van der Waals surface area contributed by atoms with E-state index in [1.807, 2.05) is 41.4 Å². The van der Waals surface area contributed by atoms with Crippen LogP contribution in [0.1, 0.15) is 35.4 Å². The fourth-order valence-electron chi connectivity index (χ4n) is 4.54. The molecule has 0 spiro atoms. The van der Waals surface area contributed by atoms with Crippen LogP contribution in [-0.2, 0) is 0 Å². The number of hydrogen-bond acceptors (Lipinski definition) is 3. The van der Waals surface area contributed by atoms with Gasteiger partial charge in [-0.2, -0.15) is 5.10 Å². The largest absolute Gasteiger partial charge is 0.463 e. The van der Waals surface area contributed by atoms with E-state index in [2.05, 4.69) is 36.4 Å². The quantitative estimate of drug-likeness (QED) is 0.290. The van der Waals surface area contributed by atoms with Gasteiger partial charge in [0.2, 0.25) is 6.23 Å². The van der Waals surface area contributed by atoms with Crippen molar-refractivity contribution >= 4 is 51.3 Å². The lowest BCUT2D eigenvalue weighted by Crippen LogP contribution is -2.33. The Hall–Kier alpha value is -2.72. The molecule has 2 atom stereocenters. The number of nitrogens with zero attached hydrogens (tertiary/aromatic N) is 2. The van der Waals surface area contributed by atoms with E-state index in [0.717, 1.165) is 28.8 Å². The number of ether oxygens (including phenoxy) is 1. The van der Waals surface area contributed by atoms with E-state index in [-0.39, 0.29) is 6.04 Å². The van der Waals surface area contributed by atoms with E-state index in [1.165, 1.54) is 10.8 Å². The molecule has 4 aromatic carbocycles. The van der Waals surface area contributed by atoms with Gasteiger partial charge in [0.15, 0.2) is 0 Å². The summed E-state index contributed by atoms with van der Waals surface area (Å²) in [5.74, 6) is 0.650. The van der Waals surface area contributed by atoms with E-state index in [0.29, 0.717) is 20.8 Å². The third-order valence-corrected chi connectivity index (χ3v) is 6.76. The summed E-state index contributed by atoms with van der Waals surface area (Å²) in [6.07, 6.45) is 0.283. The number of hydrazone groups is 1. The SMILES string of the molecule is Clc1cccc(C2Oc3c(Cl)cc(Cl)cc3C3CC(c4ccc5ccccc5c4)=NN32)c1. The van der Waals surface area contributed by atoms with E-state index in [4.69, 9.17) is 44.6 Å². The summed E-state index contributed by atoms with van der Waals surface area (Å²) in [5, 5.41) is 11.2. The third-order valence-electron chi connectivity index (χ3n) is 6.02. The molecule has 0 bridgehead atoms. The van der Waals surface area contributed by atoms with Crippen molar-refractivity contribution in [3.8, 4) is 5.75 Å². The van der Waals surface area contributed by atoms with Crippen LogP contribution < -0.4 is 4.74 Å². The Labute approximate surface area is 200 Å². The first-order chi connectivity index (χ1) is 15.6. The third kappa shape index (κ3) is 3.32. The van der Waals surface area contributed by atoms with Gasteiger partial charge in [-0.3, -0.25) is 0 Å². The highest BCUT2D eigenvalue weighted by atomic mass is 35.5. The van der Waals surface area contributed by atoms with Gasteiger partial charge in [-0.1, -0.05) is 83.3 Å². The molecule has 0 amide bonds. The number of rotatable bonds is 2. The molecule has 6 rings (SSSR count). The van der Waals surface area contributed by atoms with Crippen LogP contribution in [0, 0.1) is 0 Å². The lowest BCUT2D eigenvalue weighted by molar-refractivity contribution is -0.0189. The highest BCUT2D eigenvalue weighted by Gasteiger charge is 2.42. The molecule has 2 aliphatic rings. The first kappa shape index (κ1) is 19.9. The Bertz CT molecular complexity index is 1400. The molecule has 4 aromatic rings. The predicted octanol–water partition coefficient (Wildman–Crippen LogP) is 8.04. The molecule has 2 unspecified atom stereocenters. The van der Waals surface area contributed by atoms with Gasteiger partial charge in [0.05, 0.1) is 16.8 Å². The summed E-state index contributed by atoms with van der Waals surface area (Å²) in [6, 6.07) is 26.0. The van der Waals surface area contributed by atoms with Crippen molar-refractivity contribution in [1.82, 2.24) is 5.01 Å². The van der Waals surface area contributed by atoms with E-state index in [9.17, 15) is 0 Å². The second-order valence-electron chi connectivity index (χ2n) is 8.04. The van der Waals surface area contributed by atoms with Crippen LogP contribution in [0.25, 0.3) is 10.8 Å². The number of fused-ring (bicyclic) bond motifs is 4. The molecule has 2 heterocycles. The molecular formula is C26H17Cl3N2O. The van der Waals surface area contributed by atoms with Gasteiger partial charge in [-0.15, -0.1) is 0 Å². The van der Waals surface area contributed by atoms with Crippen molar-refractivity contribution in [1.29, 1.82) is 0 Å². The van der Waals surface area contributed by atoms with Crippen LogP contribution >= 0.6 is 34.8 Å². The van der Waals surface area contributed by atoms with Gasteiger partial charge in [0.25, 0.3) is 0 Å². The van der Waals surface area contributed by atoms with Crippen molar-refractivity contribution in [3.63, 3.8) is 0 Å². The Balaban J connectivity index is 1.48. The first-order valence-corrected chi connectivity index (χ1v) is 11.5. The van der Waals surface area contributed by atoms with Crippen molar-refractivity contribution in [2.45, 2.75) is 18.7 Å². The lowest BCUT2D eigenvalue weighted by Gasteiger charge is -2.38. The summed E-state index contributed by atoms with van der Waals surface area (Å²) in [6.45, 7) is 0. The number of halogens is 3. The van der Waals surface area contributed by atoms with Crippen LogP contribution in [0.2, 0.25) is 15.1 Å². The molecule has 0 aromatic heterocycles. The van der Waals surface area contributed by atoms with Crippen LogP contribution in [0.5, 0.6) is 5.75 Å². The summed E-state index contributed by atoms with van der Waals surface area (Å²) in [5.41, 5.74) is 3.96. The predicted molar refractivity (Wildman–Crippen MR) is 131 cm³/mol. The van der Waals surface area contributed by atoms with Gasteiger partial charge in [0, 0.05) is 27.6 Å². The Kier molecular flexibility index (Phi) is 4.80. The highest BCUT2D eigenvalue weighted by molar-refractivity contribution is 6.35. The molecule has 158 valence electrons. The van der Waals surface area contributed by atoms with Crippen LogP contribution in [0.4, 0.5) is 0 Å². The molecule has 32 heavy (non-hydrogen) atoms. The Morgan fingerprint density at radius 3 is 2.50 bits per heavy atom. The summed E-state index contributed by atoms with van der Waals surface area (Å²) in [7, 11) is 0. The van der Waals surface area contributed by atoms with E-state index in [1.54, 1.807) is 6.07 Å². The molecule has 0 saturated carbocycles. The van der Waals surface area contributed by atoms with Gasteiger partial charge in [0.1, 0.15) is 5.75 Å². The fraction of sp³-hybridized carbons (Fsp3) is 0.115. The zero-order valence-corrected chi connectivity index (χ0v) is 19.1. The van der Waals surface area contributed by atoms with Gasteiger partial charge in [-0.25, -0.2) is 5.01 Å². The minimum Gasteiger partial charge on any atom is -0.463 e. The summed E-state index contributed by atoms with van der Waals surface area (Å²) in [4.78, 5) is 0. The second-order valence-corrected chi connectivity index (χ2v) is 9.32. The fourth-order valence-corrected chi connectivity index (χ4v) is 5.29.